The molecular weight excluding hydrogens is 829 g/mol. The molecule has 0 aromatic rings. The zero-order valence-corrected chi connectivity index (χ0v) is 43.1. The van der Waals surface area contributed by atoms with Crippen molar-refractivity contribution in [3.05, 3.63) is 122 Å². The molecule has 67 heavy (non-hydrogen) atoms. The van der Waals surface area contributed by atoms with Crippen molar-refractivity contribution in [1.29, 1.82) is 0 Å². The van der Waals surface area contributed by atoms with Gasteiger partial charge >= 0.3 is 17.9 Å². The summed E-state index contributed by atoms with van der Waals surface area (Å²) in [6.45, 7) is 6.38. The van der Waals surface area contributed by atoms with Gasteiger partial charge in [-0.25, -0.2) is 0 Å². The molecule has 0 aliphatic carbocycles. The van der Waals surface area contributed by atoms with Gasteiger partial charge < -0.3 is 14.2 Å². The van der Waals surface area contributed by atoms with Crippen LogP contribution < -0.4 is 0 Å². The second-order valence-corrected chi connectivity index (χ2v) is 17.4. The summed E-state index contributed by atoms with van der Waals surface area (Å²) in [7, 11) is 0. The van der Waals surface area contributed by atoms with Gasteiger partial charge in [-0.05, 0) is 128 Å². The summed E-state index contributed by atoms with van der Waals surface area (Å²) in [5.41, 5.74) is 0. The highest BCUT2D eigenvalue weighted by atomic mass is 16.6. The van der Waals surface area contributed by atoms with Gasteiger partial charge in [-0.2, -0.15) is 0 Å². The van der Waals surface area contributed by atoms with Crippen molar-refractivity contribution in [2.75, 3.05) is 13.2 Å². The highest BCUT2D eigenvalue weighted by Crippen LogP contribution is 2.12. The summed E-state index contributed by atoms with van der Waals surface area (Å²) in [6.07, 6.45) is 74.7. The van der Waals surface area contributed by atoms with Gasteiger partial charge in [0, 0.05) is 19.3 Å². The SMILES string of the molecule is CC/C=C\C/C=C\C/C=C\C/C=C\C/C=C\CCCCCC(=O)O[C@H](COC(=O)CCCCC/C=C\C/C=C\C/C=C\C/C=C\CCCCC)COC(=O)CCCCCCC/C=C\CCCC. The lowest BCUT2D eigenvalue weighted by Crippen LogP contribution is -2.30. The van der Waals surface area contributed by atoms with Crippen LogP contribution >= 0.6 is 0 Å². The van der Waals surface area contributed by atoms with Gasteiger partial charge in [0.2, 0.25) is 0 Å². The summed E-state index contributed by atoms with van der Waals surface area (Å²) < 4.78 is 16.8. The van der Waals surface area contributed by atoms with Crippen molar-refractivity contribution < 1.29 is 28.6 Å². The quantitative estimate of drug-likeness (QED) is 0.0262. The van der Waals surface area contributed by atoms with E-state index in [1.165, 1.54) is 51.4 Å². The van der Waals surface area contributed by atoms with Crippen molar-refractivity contribution in [3.63, 3.8) is 0 Å². The van der Waals surface area contributed by atoms with Gasteiger partial charge in [-0.3, -0.25) is 14.4 Å². The smallest absolute Gasteiger partial charge is 0.306 e. The molecular formula is C61H98O6. The first kappa shape index (κ1) is 62.8. The molecule has 0 bridgehead atoms. The normalized spacial score (nSPS) is 13.1. The maximum Gasteiger partial charge on any atom is 0.306 e. The minimum Gasteiger partial charge on any atom is -0.462 e. The van der Waals surface area contributed by atoms with Crippen LogP contribution in [-0.4, -0.2) is 37.2 Å². The van der Waals surface area contributed by atoms with Gasteiger partial charge in [-0.1, -0.05) is 200 Å². The standard InChI is InChI=1S/C61H98O6/c1-4-7-10-13-16-19-22-24-26-28-30-32-34-36-39-42-45-48-51-54-60(63)66-57-58(56-65-59(62)53-50-47-44-41-38-21-18-15-12-9-6-3)67-61(64)55-52-49-46-43-40-37-35-33-31-29-27-25-23-20-17-14-11-8-5-2/h8,11,15-20,24-27,30-33,36-37,39-40,58H,4-7,9-10,12-14,21-23,28-29,34-35,38,41-57H2,1-3H3/b11-8-,18-15-,19-16-,20-17-,26-24-,27-25-,32-30-,33-31-,39-36-,40-37-/t58-/m0/s1. The van der Waals surface area contributed by atoms with Gasteiger partial charge in [0.1, 0.15) is 13.2 Å². The topological polar surface area (TPSA) is 78.9 Å². The molecule has 0 aliphatic rings. The zero-order valence-electron chi connectivity index (χ0n) is 43.1. The molecule has 0 saturated carbocycles. The Kier molecular flexibility index (Phi) is 51.0. The molecule has 1 atom stereocenters. The van der Waals surface area contributed by atoms with Crippen molar-refractivity contribution >= 4 is 17.9 Å². The first-order chi connectivity index (χ1) is 33.0. The second kappa shape index (κ2) is 54.4. The number of hydrogen-bond acceptors (Lipinski definition) is 6. The molecule has 0 fully saturated rings. The third-order valence-corrected chi connectivity index (χ3v) is 10.9. The highest BCUT2D eigenvalue weighted by Gasteiger charge is 2.19. The van der Waals surface area contributed by atoms with Crippen molar-refractivity contribution in [1.82, 2.24) is 0 Å². The van der Waals surface area contributed by atoms with Gasteiger partial charge in [0.25, 0.3) is 0 Å². The maximum absolute atomic E-state index is 12.8. The molecule has 6 heteroatoms. The van der Waals surface area contributed by atoms with E-state index >= 15 is 0 Å². The van der Waals surface area contributed by atoms with E-state index in [-0.39, 0.29) is 37.5 Å². The Hall–Kier alpha value is -4.19. The van der Waals surface area contributed by atoms with Crippen LogP contribution in [0.2, 0.25) is 0 Å². The summed E-state index contributed by atoms with van der Waals surface area (Å²) in [5, 5.41) is 0. The number of hydrogen-bond donors (Lipinski definition) is 0. The van der Waals surface area contributed by atoms with Crippen LogP contribution in [0.3, 0.4) is 0 Å². The average Bonchev–Trinajstić information content (AvgIpc) is 3.33. The minimum atomic E-state index is -0.815. The molecule has 0 saturated heterocycles. The van der Waals surface area contributed by atoms with Crippen LogP contribution in [0.4, 0.5) is 0 Å². The van der Waals surface area contributed by atoms with Crippen LogP contribution in [0, 0.1) is 0 Å². The van der Waals surface area contributed by atoms with Gasteiger partial charge in [0.15, 0.2) is 6.10 Å². The molecule has 0 aromatic heterocycles. The minimum absolute atomic E-state index is 0.110. The number of allylic oxidation sites excluding steroid dienone is 20. The van der Waals surface area contributed by atoms with Gasteiger partial charge in [0.05, 0.1) is 0 Å². The monoisotopic (exact) mass is 927 g/mol. The van der Waals surface area contributed by atoms with Crippen molar-refractivity contribution in [3.8, 4) is 0 Å². The molecule has 0 aromatic carbocycles. The summed E-state index contributed by atoms with van der Waals surface area (Å²) in [6, 6.07) is 0. The molecule has 6 nitrogen and oxygen atoms in total. The Morgan fingerprint density at radius 3 is 0.985 bits per heavy atom. The van der Waals surface area contributed by atoms with E-state index in [0.29, 0.717) is 19.3 Å². The maximum atomic E-state index is 12.8. The lowest BCUT2D eigenvalue weighted by Gasteiger charge is -2.18. The molecule has 0 N–H and O–H groups in total. The molecule has 0 aliphatic heterocycles. The van der Waals surface area contributed by atoms with Gasteiger partial charge in [-0.15, -0.1) is 0 Å². The third kappa shape index (κ3) is 52.6. The largest absolute Gasteiger partial charge is 0.462 e. The number of ether oxygens (including phenoxy) is 3. The van der Waals surface area contributed by atoms with Crippen LogP contribution in [0.1, 0.15) is 226 Å². The van der Waals surface area contributed by atoms with E-state index in [1.807, 2.05) is 0 Å². The third-order valence-electron chi connectivity index (χ3n) is 10.9. The van der Waals surface area contributed by atoms with Crippen LogP contribution in [0.15, 0.2) is 122 Å². The summed E-state index contributed by atoms with van der Waals surface area (Å²) >= 11 is 0. The lowest BCUT2D eigenvalue weighted by atomic mass is 10.1. The van der Waals surface area contributed by atoms with Crippen molar-refractivity contribution in [2.24, 2.45) is 0 Å². The van der Waals surface area contributed by atoms with E-state index in [0.717, 1.165) is 128 Å². The zero-order chi connectivity index (χ0) is 48.6. The number of rotatable bonds is 47. The molecule has 0 rings (SSSR count). The fraction of sp³-hybridized carbons (Fsp3) is 0.623. The number of unbranched alkanes of at least 4 members (excludes halogenated alkanes) is 16. The fourth-order valence-corrected chi connectivity index (χ4v) is 6.84. The van der Waals surface area contributed by atoms with Crippen LogP contribution in [0.5, 0.6) is 0 Å². The Labute approximate surface area is 412 Å². The molecule has 0 radical (unpaired) electrons. The predicted octanol–water partition coefficient (Wildman–Crippen LogP) is 18.1. The Morgan fingerprint density at radius 2 is 0.597 bits per heavy atom. The van der Waals surface area contributed by atoms with Crippen LogP contribution in [-0.2, 0) is 28.6 Å². The van der Waals surface area contributed by atoms with Crippen molar-refractivity contribution in [2.45, 2.75) is 232 Å². The first-order valence-electron chi connectivity index (χ1n) is 27.0. The number of esters is 3. The predicted molar refractivity (Wildman–Crippen MR) is 288 cm³/mol. The number of carbonyl (C=O) groups is 3. The lowest BCUT2D eigenvalue weighted by molar-refractivity contribution is -0.167. The summed E-state index contributed by atoms with van der Waals surface area (Å²) in [4.78, 5) is 38.0. The Balaban J connectivity index is 4.51. The molecule has 378 valence electrons. The molecule has 0 unspecified atom stereocenters. The van der Waals surface area contributed by atoms with E-state index < -0.39 is 6.10 Å². The Bertz CT molecular complexity index is 1440. The van der Waals surface area contributed by atoms with Crippen LogP contribution in [0.25, 0.3) is 0 Å². The molecule has 0 spiro atoms. The fourth-order valence-electron chi connectivity index (χ4n) is 6.84. The highest BCUT2D eigenvalue weighted by molar-refractivity contribution is 5.71. The van der Waals surface area contributed by atoms with E-state index in [4.69, 9.17) is 14.2 Å². The van der Waals surface area contributed by atoms with E-state index in [1.54, 1.807) is 0 Å². The Morgan fingerprint density at radius 1 is 0.313 bits per heavy atom. The first-order valence-corrected chi connectivity index (χ1v) is 27.0. The number of carbonyl (C=O) groups excluding carboxylic acids is 3. The molecule has 0 amide bonds. The second-order valence-electron chi connectivity index (χ2n) is 17.4. The van der Waals surface area contributed by atoms with E-state index in [2.05, 4.69) is 142 Å². The average molecular weight is 927 g/mol. The summed E-state index contributed by atoms with van der Waals surface area (Å²) in [5.74, 6) is -0.990. The van der Waals surface area contributed by atoms with E-state index in [9.17, 15) is 14.4 Å². The molecule has 0 heterocycles.